The smallest absolute Gasteiger partial charge is 0.236 e. The number of benzene rings is 1. The molecule has 0 unspecified atom stereocenters. The molecule has 2 rings (SSSR count). The van der Waals surface area contributed by atoms with Crippen molar-refractivity contribution in [2.75, 3.05) is 26.2 Å². The second-order valence-electron chi connectivity index (χ2n) is 4.90. The first-order valence-electron chi connectivity index (χ1n) is 6.77. The van der Waals surface area contributed by atoms with E-state index in [1.165, 1.54) is 0 Å². The zero-order valence-corrected chi connectivity index (χ0v) is 12.3. The van der Waals surface area contributed by atoms with Gasteiger partial charge in [0, 0.05) is 31.2 Å². The Morgan fingerprint density at radius 2 is 1.57 bits per heavy atom. The molecule has 1 fully saturated rings. The molecule has 2 amide bonds. The quantitative estimate of drug-likeness (QED) is 0.849. The van der Waals surface area contributed by atoms with Crippen LogP contribution in [0.25, 0.3) is 0 Å². The van der Waals surface area contributed by atoms with Crippen LogP contribution in [0.4, 0.5) is 0 Å². The number of piperazine rings is 1. The standard InChI is InChI=1S/C15H16ClN3O2/c16-13-3-1-12(2-4-13)11-15(21)19-9-7-18(8-10-19)14(20)5-6-17/h1-4H,5,7-11H2. The number of carbonyl (C=O) groups is 2. The molecule has 1 aliphatic rings. The van der Waals surface area contributed by atoms with Gasteiger partial charge in [0.15, 0.2) is 0 Å². The molecule has 1 aliphatic heterocycles. The topological polar surface area (TPSA) is 64.4 Å². The van der Waals surface area contributed by atoms with Gasteiger partial charge in [-0.3, -0.25) is 9.59 Å². The number of nitrogens with zero attached hydrogens (tertiary/aromatic N) is 3. The SMILES string of the molecule is N#CCC(=O)N1CCN(C(=O)Cc2ccc(Cl)cc2)CC1. The van der Waals surface area contributed by atoms with Gasteiger partial charge in [0.25, 0.3) is 0 Å². The van der Waals surface area contributed by atoms with Crippen LogP contribution < -0.4 is 0 Å². The molecule has 0 saturated carbocycles. The lowest BCUT2D eigenvalue weighted by molar-refractivity contribution is -0.138. The van der Waals surface area contributed by atoms with Gasteiger partial charge < -0.3 is 9.80 Å². The zero-order valence-electron chi connectivity index (χ0n) is 11.6. The predicted octanol–water partition coefficient (Wildman–Crippen LogP) is 1.47. The molecule has 21 heavy (non-hydrogen) atoms. The van der Waals surface area contributed by atoms with E-state index in [1.54, 1.807) is 21.9 Å². The van der Waals surface area contributed by atoms with Crippen LogP contribution in [0, 0.1) is 11.3 Å². The van der Waals surface area contributed by atoms with Crippen molar-refractivity contribution in [3.63, 3.8) is 0 Å². The summed E-state index contributed by atoms with van der Waals surface area (Å²) in [5.74, 6) is -0.119. The fourth-order valence-corrected chi connectivity index (χ4v) is 2.40. The number of rotatable bonds is 3. The van der Waals surface area contributed by atoms with Crippen LogP contribution in [0.1, 0.15) is 12.0 Å². The van der Waals surface area contributed by atoms with Gasteiger partial charge in [0.05, 0.1) is 12.5 Å². The highest BCUT2D eigenvalue weighted by Crippen LogP contribution is 2.12. The zero-order chi connectivity index (χ0) is 15.2. The van der Waals surface area contributed by atoms with Crippen LogP contribution in [-0.4, -0.2) is 47.8 Å². The van der Waals surface area contributed by atoms with E-state index < -0.39 is 0 Å². The van der Waals surface area contributed by atoms with Crippen molar-refractivity contribution in [1.29, 1.82) is 5.26 Å². The molecular formula is C15H16ClN3O2. The maximum Gasteiger partial charge on any atom is 0.236 e. The Kier molecular flexibility index (Phi) is 5.18. The van der Waals surface area contributed by atoms with Crippen molar-refractivity contribution in [3.8, 4) is 6.07 Å². The highest BCUT2D eigenvalue weighted by molar-refractivity contribution is 6.30. The normalized spacial score (nSPS) is 14.7. The van der Waals surface area contributed by atoms with Crippen LogP contribution in [0.3, 0.4) is 0 Å². The van der Waals surface area contributed by atoms with Crippen LogP contribution in [0.2, 0.25) is 5.02 Å². The van der Waals surface area contributed by atoms with E-state index in [1.807, 2.05) is 18.2 Å². The van der Waals surface area contributed by atoms with Crippen molar-refractivity contribution in [2.24, 2.45) is 0 Å². The van der Waals surface area contributed by atoms with E-state index >= 15 is 0 Å². The number of hydrogen-bond acceptors (Lipinski definition) is 3. The average molecular weight is 306 g/mol. The molecule has 0 radical (unpaired) electrons. The third kappa shape index (κ3) is 4.20. The molecule has 110 valence electrons. The molecule has 0 spiro atoms. The van der Waals surface area contributed by atoms with Gasteiger partial charge in [-0.15, -0.1) is 0 Å². The molecular weight excluding hydrogens is 290 g/mol. The van der Waals surface area contributed by atoms with E-state index in [0.29, 0.717) is 37.6 Å². The first-order chi connectivity index (χ1) is 10.1. The summed E-state index contributed by atoms with van der Waals surface area (Å²) in [4.78, 5) is 27.2. The Balaban J connectivity index is 1.84. The summed E-state index contributed by atoms with van der Waals surface area (Å²) in [7, 11) is 0. The van der Waals surface area contributed by atoms with Gasteiger partial charge in [-0.25, -0.2) is 0 Å². The maximum atomic E-state index is 12.2. The van der Waals surface area contributed by atoms with E-state index in [4.69, 9.17) is 16.9 Å². The lowest BCUT2D eigenvalue weighted by Gasteiger charge is -2.34. The lowest BCUT2D eigenvalue weighted by Crippen LogP contribution is -2.50. The van der Waals surface area contributed by atoms with Crippen LogP contribution >= 0.6 is 11.6 Å². The van der Waals surface area contributed by atoms with Crippen LogP contribution in [0.15, 0.2) is 24.3 Å². The first-order valence-corrected chi connectivity index (χ1v) is 7.15. The molecule has 5 nitrogen and oxygen atoms in total. The summed E-state index contributed by atoms with van der Waals surface area (Å²) in [6.45, 7) is 2.02. The number of amides is 2. The number of carbonyl (C=O) groups excluding carboxylic acids is 2. The van der Waals surface area contributed by atoms with Gasteiger partial charge in [-0.05, 0) is 17.7 Å². The molecule has 6 heteroatoms. The van der Waals surface area contributed by atoms with Gasteiger partial charge in [0.1, 0.15) is 6.42 Å². The van der Waals surface area contributed by atoms with Crippen molar-refractivity contribution in [2.45, 2.75) is 12.8 Å². The van der Waals surface area contributed by atoms with Gasteiger partial charge in [0.2, 0.25) is 11.8 Å². The maximum absolute atomic E-state index is 12.2. The van der Waals surface area contributed by atoms with E-state index in [-0.39, 0.29) is 18.2 Å². The van der Waals surface area contributed by atoms with Crippen molar-refractivity contribution >= 4 is 23.4 Å². The third-order valence-electron chi connectivity index (χ3n) is 3.48. The summed E-state index contributed by atoms with van der Waals surface area (Å²) >= 11 is 5.81. The minimum Gasteiger partial charge on any atom is -0.339 e. The molecule has 0 aromatic heterocycles. The highest BCUT2D eigenvalue weighted by atomic mass is 35.5. The fraction of sp³-hybridized carbons (Fsp3) is 0.400. The molecule has 1 aromatic rings. The molecule has 0 N–H and O–H groups in total. The Hall–Kier alpha value is -2.06. The van der Waals surface area contributed by atoms with Gasteiger partial charge in [-0.1, -0.05) is 23.7 Å². The summed E-state index contributed by atoms with van der Waals surface area (Å²) in [5.41, 5.74) is 0.924. The molecule has 0 atom stereocenters. The predicted molar refractivity (Wildman–Crippen MR) is 78.5 cm³/mol. The van der Waals surface area contributed by atoms with Crippen LogP contribution in [-0.2, 0) is 16.0 Å². The molecule has 1 aromatic carbocycles. The molecule has 1 heterocycles. The Morgan fingerprint density at radius 1 is 1.05 bits per heavy atom. The Morgan fingerprint density at radius 3 is 2.10 bits per heavy atom. The summed E-state index contributed by atoms with van der Waals surface area (Å²) in [6.07, 6.45) is 0.238. The van der Waals surface area contributed by atoms with E-state index in [0.717, 1.165) is 5.56 Å². The lowest BCUT2D eigenvalue weighted by atomic mass is 10.1. The average Bonchev–Trinajstić information content (AvgIpc) is 2.50. The summed E-state index contributed by atoms with van der Waals surface area (Å²) in [6, 6.07) is 9.07. The second kappa shape index (κ2) is 7.09. The third-order valence-corrected chi connectivity index (χ3v) is 3.74. The molecule has 0 aliphatic carbocycles. The summed E-state index contributed by atoms with van der Waals surface area (Å²) < 4.78 is 0. The largest absolute Gasteiger partial charge is 0.339 e. The summed E-state index contributed by atoms with van der Waals surface area (Å²) in [5, 5.41) is 9.17. The van der Waals surface area contributed by atoms with E-state index in [9.17, 15) is 9.59 Å². The number of nitriles is 1. The second-order valence-corrected chi connectivity index (χ2v) is 5.34. The minimum absolute atomic E-state index is 0.0460. The van der Waals surface area contributed by atoms with Crippen molar-refractivity contribution in [3.05, 3.63) is 34.9 Å². The van der Waals surface area contributed by atoms with Crippen molar-refractivity contribution < 1.29 is 9.59 Å². The number of halogens is 1. The van der Waals surface area contributed by atoms with Crippen LogP contribution in [0.5, 0.6) is 0 Å². The van der Waals surface area contributed by atoms with Crippen molar-refractivity contribution in [1.82, 2.24) is 9.80 Å². The van der Waals surface area contributed by atoms with Gasteiger partial charge in [-0.2, -0.15) is 5.26 Å². The molecule has 0 bridgehead atoms. The monoisotopic (exact) mass is 305 g/mol. The molecule has 1 saturated heterocycles. The minimum atomic E-state index is -0.165. The fourth-order valence-electron chi connectivity index (χ4n) is 2.27. The first kappa shape index (κ1) is 15.3. The number of hydrogen-bond donors (Lipinski definition) is 0. The van der Waals surface area contributed by atoms with E-state index in [2.05, 4.69) is 0 Å². The van der Waals surface area contributed by atoms with Gasteiger partial charge >= 0.3 is 0 Å². The highest BCUT2D eigenvalue weighted by Gasteiger charge is 2.23. The Bertz CT molecular complexity index is 557. The Labute approximate surface area is 128 Å².